The maximum absolute atomic E-state index is 15.4. The van der Waals surface area contributed by atoms with Crippen LogP contribution in [0.3, 0.4) is 0 Å². The number of carbonyl (C=O) groups is 2. The molecular weight excluding hydrogens is 429 g/mol. The molecule has 0 radical (unpaired) electrons. The summed E-state index contributed by atoms with van der Waals surface area (Å²) in [6.07, 6.45) is 1.21. The Morgan fingerprint density at radius 2 is 1.73 bits per heavy atom. The number of anilines is 1. The number of hydrogen-bond acceptors (Lipinski definition) is 6. The number of piperazine rings is 1. The third-order valence-electron chi connectivity index (χ3n) is 5.98. The first kappa shape index (κ1) is 22.5. The third-order valence-corrected chi connectivity index (χ3v) is 5.98. The number of hydrogen-bond donors (Lipinski definition) is 1. The van der Waals surface area contributed by atoms with Crippen LogP contribution in [0.2, 0.25) is 0 Å². The second-order valence-corrected chi connectivity index (χ2v) is 8.08. The average molecular weight is 453 g/mol. The van der Waals surface area contributed by atoms with Crippen LogP contribution in [0, 0.1) is 5.82 Å². The first-order valence-electron chi connectivity index (χ1n) is 10.5. The molecule has 0 amide bonds. The van der Waals surface area contributed by atoms with E-state index in [4.69, 9.17) is 4.74 Å². The zero-order valence-corrected chi connectivity index (χ0v) is 18.6. The third kappa shape index (κ3) is 3.95. The molecule has 0 saturated carbocycles. The summed E-state index contributed by atoms with van der Waals surface area (Å²) in [5.74, 6) is -2.03. The number of aromatic carboxylic acids is 1. The van der Waals surface area contributed by atoms with Crippen molar-refractivity contribution in [2.75, 3.05) is 45.2 Å². The lowest BCUT2D eigenvalue weighted by molar-refractivity contribution is 0.0694. The van der Waals surface area contributed by atoms with Crippen molar-refractivity contribution >= 4 is 28.3 Å². The van der Waals surface area contributed by atoms with Crippen LogP contribution < -0.4 is 15.1 Å². The minimum Gasteiger partial charge on any atom is -0.492 e. The van der Waals surface area contributed by atoms with Gasteiger partial charge in [-0.15, -0.1) is 0 Å². The molecule has 1 aliphatic rings. The Morgan fingerprint density at radius 3 is 2.27 bits per heavy atom. The van der Waals surface area contributed by atoms with E-state index in [2.05, 4.69) is 4.90 Å². The number of carboxylic acid groups (broad SMARTS) is 1. The topological polar surface area (TPSA) is 92.1 Å². The zero-order valence-electron chi connectivity index (χ0n) is 18.6. The Kier molecular flexibility index (Phi) is 5.90. The molecule has 1 aliphatic heterocycles. The van der Waals surface area contributed by atoms with E-state index in [9.17, 15) is 19.5 Å². The highest BCUT2D eigenvalue weighted by atomic mass is 19.1. The molecule has 8 nitrogen and oxygen atoms in total. The smallest absolute Gasteiger partial charge is 0.341 e. The molecule has 2 aromatic carbocycles. The molecule has 0 spiro atoms. The van der Waals surface area contributed by atoms with E-state index < -0.39 is 22.8 Å². The van der Waals surface area contributed by atoms with E-state index in [0.717, 1.165) is 19.2 Å². The van der Waals surface area contributed by atoms with Crippen molar-refractivity contribution in [2.45, 2.75) is 6.92 Å². The number of nitrogens with zero attached hydrogens (tertiary/aromatic N) is 3. The molecule has 1 saturated heterocycles. The standard InChI is InChI=1S/C24H24FN3O5/c1-14(29)15-4-6-16(7-5-15)28-13-18(24(31)32)22(30)17-12-19(25)21(23(33-3)20(17)28)27-10-8-26(2)9-11-27/h4-7,12-13H,8-11H2,1-3H3,(H,31,32). The molecule has 9 heteroatoms. The molecular formula is C24H24FN3O5. The largest absolute Gasteiger partial charge is 0.492 e. The summed E-state index contributed by atoms with van der Waals surface area (Å²) >= 11 is 0. The summed E-state index contributed by atoms with van der Waals surface area (Å²) in [6.45, 7) is 4.05. The van der Waals surface area contributed by atoms with Crippen LogP contribution in [0.1, 0.15) is 27.6 Å². The molecule has 0 atom stereocenters. The molecule has 0 unspecified atom stereocenters. The first-order valence-corrected chi connectivity index (χ1v) is 10.5. The van der Waals surface area contributed by atoms with E-state index >= 15 is 4.39 Å². The van der Waals surface area contributed by atoms with Crippen molar-refractivity contribution < 1.29 is 23.8 Å². The van der Waals surface area contributed by atoms with Crippen LogP contribution >= 0.6 is 0 Å². The molecule has 0 bridgehead atoms. The summed E-state index contributed by atoms with van der Waals surface area (Å²) in [4.78, 5) is 40.4. The van der Waals surface area contributed by atoms with Crippen molar-refractivity contribution in [2.24, 2.45) is 0 Å². The van der Waals surface area contributed by atoms with Gasteiger partial charge in [-0.3, -0.25) is 9.59 Å². The van der Waals surface area contributed by atoms with Gasteiger partial charge in [0.05, 0.1) is 12.5 Å². The normalized spacial score (nSPS) is 14.5. The summed E-state index contributed by atoms with van der Waals surface area (Å²) < 4.78 is 22.5. The number of halogens is 1. The van der Waals surface area contributed by atoms with Crippen LogP contribution in [-0.2, 0) is 0 Å². The minimum atomic E-state index is -1.42. The van der Waals surface area contributed by atoms with Gasteiger partial charge in [0.2, 0.25) is 5.43 Å². The SMILES string of the molecule is COc1c(N2CCN(C)CC2)c(F)cc2c(=O)c(C(=O)O)cn(-c3ccc(C(C)=O)cc3)c12. The highest BCUT2D eigenvalue weighted by Crippen LogP contribution is 2.39. The van der Waals surface area contributed by atoms with Crippen LogP contribution in [0.25, 0.3) is 16.6 Å². The predicted octanol–water partition coefficient (Wildman–Crippen LogP) is 2.79. The van der Waals surface area contributed by atoms with E-state index in [0.29, 0.717) is 24.3 Å². The maximum atomic E-state index is 15.4. The Hall–Kier alpha value is -3.72. The van der Waals surface area contributed by atoms with Gasteiger partial charge in [-0.25, -0.2) is 9.18 Å². The minimum absolute atomic E-state index is 0.0993. The number of fused-ring (bicyclic) bond motifs is 1. The molecule has 0 aliphatic carbocycles. The van der Waals surface area contributed by atoms with Crippen molar-refractivity contribution in [3.8, 4) is 11.4 Å². The molecule has 1 fully saturated rings. The summed E-state index contributed by atoms with van der Waals surface area (Å²) in [5.41, 5.74) is 0.191. The number of methoxy groups -OCH3 is 1. The number of likely N-dealkylation sites (N-methyl/N-ethyl adjacent to an activating group) is 1. The van der Waals surface area contributed by atoms with Gasteiger partial charge in [-0.1, -0.05) is 0 Å². The number of ether oxygens (including phenoxy) is 1. The van der Waals surface area contributed by atoms with Crippen LogP contribution in [0.5, 0.6) is 5.75 Å². The van der Waals surface area contributed by atoms with Crippen LogP contribution in [0.15, 0.2) is 41.3 Å². The highest BCUT2D eigenvalue weighted by molar-refractivity contribution is 5.98. The molecule has 33 heavy (non-hydrogen) atoms. The lowest BCUT2D eigenvalue weighted by atomic mass is 10.1. The number of rotatable bonds is 5. The summed E-state index contributed by atoms with van der Waals surface area (Å²) in [6, 6.07) is 7.59. The van der Waals surface area contributed by atoms with Crippen molar-refractivity contribution in [1.29, 1.82) is 0 Å². The molecule has 1 N–H and O–H groups in total. The quantitative estimate of drug-likeness (QED) is 0.594. The lowest BCUT2D eigenvalue weighted by Gasteiger charge is -2.35. The molecule has 4 rings (SSSR count). The molecule has 3 aromatic rings. The van der Waals surface area contributed by atoms with E-state index in [1.54, 1.807) is 24.3 Å². The Balaban J connectivity index is 2.05. The summed E-state index contributed by atoms with van der Waals surface area (Å²) in [7, 11) is 3.38. The van der Waals surface area contributed by atoms with Crippen molar-refractivity contribution in [1.82, 2.24) is 9.47 Å². The number of ketones is 1. The van der Waals surface area contributed by atoms with E-state index in [1.165, 1.54) is 24.8 Å². The number of carboxylic acids is 1. The van der Waals surface area contributed by atoms with E-state index in [-0.39, 0.29) is 28.1 Å². The predicted molar refractivity (Wildman–Crippen MR) is 123 cm³/mol. The number of carbonyl (C=O) groups excluding carboxylic acids is 1. The van der Waals surface area contributed by atoms with Gasteiger partial charge in [0.1, 0.15) is 16.8 Å². The number of benzene rings is 2. The maximum Gasteiger partial charge on any atom is 0.341 e. The first-order chi connectivity index (χ1) is 15.7. The molecule has 2 heterocycles. The lowest BCUT2D eigenvalue weighted by Crippen LogP contribution is -2.45. The second kappa shape index (κ2) is 8.67. The number of aromatic nitrogens is 1. The van der Waals surface area contributed by atoms with Gasteiger partial charge in [-0.05, 0) is 44.3 Å². The van der Waals surface area contributed by atoms with E-state index in [1.807, 2.05) is 11.9 Å². The van der Waals surface area contributed by atoms with Gasteiger partial charge >= 0.3 is 5.97 Å². The fourth-order valence-corrected chi connectivity index (χ4v) is 4.15. The Morgan fingerprint density at radius 1 is 1.09 bits per heavy atom. The highest BCUT2D eigenvalue weighted by Gasteiger charge is 2.27. The van der Waals surface area contributed by atoms with Gasteiger partial charge in [0, 0.05) is 43.6 Å². The fraction of sp³-hybridized carbons (Fsp3) is 0.292. The van der Waals surface area contributed by atoms with Crippen LogP contribution in [-0.4, -0.2) is 66.7 Å². The van der Waals surface area contributed by atoms with Crippen LogP contribution in [0.4, 0.5) is 10.1 Å². The summed E-state index contributed by atoms with van der Waals surface area (Å²) in [5, 5.41) is 9.50. The fourth-order valence-electron chi connectivity index (χ4n) is 4.15. The molecule has 1 aromatic heterocycles. The average Bonchev–Trinajstić information content (AvgIpc) is 2.79. The monoisotopic (exact) mass is 453 g/mol. The van der Waals surface area contributed by atoms with Crippen molar-refractivity contribution in [3.05, 3.63) is 63.7 Å². The second-order valence-electron chi connectivity index (χ2n) is 8.08. The van der Waals surface area contributed by atoms with Crippen molar-refractivity contribution in [3.63, 3.8) is 0 Å². The van der Waals surface area contributed by atoms with Gasteiger partial charge in [0.15, 0.2) is 17.3 Å². The number of pyridine rings is 1. The Labute approximate surface area is 189 Å². The van der Waals surface area contributed by atoms with Gasteiger partial charge in [0.25, 0.3) is 0 Å². The number of Topliss-reactive ketones (excluding diaryl/α,β-unsaturated/α-hetero) is 1. The molecule has 172 valence electrons. The van der Waals surface area contributed by atoms with Gasteiger partial charge < -0.3 is 24.2 Å². The Bertz CT molecular complexity index is 1310. The zero-order chi connectivity index (χ0) is 23.9. The van der Waals surface area contributed by atoms with Gasteiger partial charge in [-0.2, -0.15) is 0 Å².